The third-order valence-electron chi connectivity index (χ3n) is 4.34. The largest absolute Gasteiger partial charge is 0.454 e. The van der Waals surface area contributed by atoms with Crippen molar-refractivity contribution in [3.8, 4) is 11.5 Å². The minimum absolute atomic E-state index is 0.0300. The average molecular weight is 406 g/mol. The minimum atomic E-state index is -0.116. The van der Waals surface area contributed by atoms with Crippen molar-refractivity contribution in [2.75, 3.05) is 12.5 Å². The zero-order valence-electron chi connectivity index (χ0n) is 15.0. The Morgan fingerprint density at radius 2 is 2.22 bits per heavy atom. The molecule has 142 valence electrons. The van der Waals surface area contributed by atoms with Crippen LogP contribution >= 0.6 is 23.5 Å². The molecule has 0 bridgehead atoms. The first-order valence-electron chi connectivity index (χ1n) is 8.56. The Hall–Kier alpha value is -2.13. The molecule has 2 aliphatic heterocycles. The van der Waals surface area contributed by atoms with Gasteiger partial charge in [0.15, 0.2) is 16.7 Å². The van der Waals surface area contributed by atoms with Crippen LogP contribution in [-0.2, 0) is 24.8 Å². The fraction of sp³-hybridized carbons (Fsp3) is 0.389. The summed E-state index contributed by atoms with van der Waals surface area (Å²) in [6.45, 7) is 2.72. The van der Waals surface area contributed by atoms with Gasteiger partial charge in [-0.3, -0.25) is 14.2 Å². The van der Waals surface area contributed by atoms with Gasteiger partial charge in [0.05, 0.1) is 16.3 Å². The molecule has 2 aliphatic rings. The van der Waals surface area contributed by atoms with Crippen LogP contribution in [0.1, 0.15) is 18.2 Å². The molecule has 1 atom stereocenters. The number of rotatable bonds is 5. The molecular formula is C18H19N3O4S2. The minimum Gasteiger partial charge on any atom is -0.454 e. The van der Waals surface area contributed by atoms with Crippen molar-refractivity contribution in [3.63, 3.8) is 0 Å². The molecule has 1 amide bonds. The normalized spacial score (nSPS) is 17.0. The maximum absolute atomic E-state index is 12.4. The lowest BCUT2D eigenvalue weighted by molar-refractivity contribution is -0.118. The third-order valence-corrected chi connectivity index (χ3v) is 6.58. The van der Waals surface area contributed by atoms with Crippen LogP contribution in [0.3, 0.4) is 0 Å². The molecule has 27 heavy (non-hydrogen) atoms. The number of carbonyl (C=O) groups is 1. The predicted octanol–water partition coefficient (Wildman–Crippen LogP) is 1.95. The summed E-state index contributed by atoms with van der Waals surface area (Å²) in [5, 5.41) is 3.82. The molecule has 0 saturated heterocycles. The Morgan fingerprint density at radius 3 is 3.07 bits per heavy atom. The van der Waals surface area contributed by atoms with E-state index in [0.717, 1.165) is 28.3 Å². The van der Waals surface area contributed by atoms with Gasteiger partial charge in [0.25, 0.3) is 5.56 Å². The zero-order valence-corrected chi connectivity index (χ0v) is 16.6. The highest BCUT2D eigenvalue weighted by Gasteiger charge is 2.25. The van der Waals surface area contributed by atoms with Gasteiger partial charge in [-0.2, -0.15) is 0 Å². The number of hydrogen-bond donors (Lipinski definition) is 1. The van der Waals surface area contributed by atoms with Crippen LogP contribution in [0.15, 0.2) is 33.0 Å². The lowest BCUT2D eigenvalue weighted by Crippen LogP contribution is -2.26. The maximum Gasteiger partial charge on any atom is 0.267 e. The summed E-state index contributed by atoms with van der Waals surface area (Å²) in [5.74, 6) is 1.50. The predicted molar refractivity (Wildman–Crippen MR) is 104 cm³/mol. The molecule has 4 rings (SSSR count). The standard InChI is InChI=1S/C18H19N3O4S2/c1-10-5-12-16(27-10)17(23)21(2)18(20-12)26-8-15(22)19-7-11-3-4-13-14(6-11)25-9-24-13/h3-4,6,10H,5,7-9H2,1-2H3,(H,19,22). The summed E-state index contributed by atoms with van der Waals surface area (Å²) < 4.78 is 12.1. The Kier molecular flexibility index (Phi) is 5.05. The number of carbonyl (C=O) groups excluding carboxylic acids is 1. The first kappa shape index (κ1) is 18.2. The second-order valence-corrected chi connectivity index (χ2v) is 8.81. The highest BCUT2D eigenvalue weighted by Crippen LogP contribution is 2.34. The van der Waals surface area contributed by atoms with E-state index >= 15 is 0 Å². The lowest BCUT2D eigenvalue weighted by Gasteiger charge is -2.09. The van der Waals surface area contributed by atoms with Crippen molar-refractivity contribution >= 4 is 29.4 Å². The smallest absolute Gasteiger partial charge is 0.267 e. The van der Waals surface area contributed by atoms with Gasteiger partial charge in [0.2, 0.25) is 12.7 Å². The van der Waals surface area contributed by atoms with Gasteiger partial charge in [-0.1, -0.05) is 24.8 Å². The number of thioether (sulfide) groups is 2. The van der Waals surface area contributed by atoms with Gasteiger partial charge in [-0.25, -0.2) is 4.98 Å². The average Bonchev–Trinajstić information content (AvgIpc) is 3.27. The fourth-order valence-electron chi connectivity index (χ4n) is 2.94. The first-order chi connectivity index (χ1) is 13.0. The number of hydrogen-bond acceptors (Lipinski definition) is 7. The molecule has 0 aliphatic carbocycles. The van der Waals surface area contributed by atoms with Crippen LogP contribution in [0.25, 0.3) is 0 Å². The molecule has 1 unspecified atom stereocenters. The van der Waals surface area contributed by atoms with E-state index in [2.05, 4.69) is 17.2 Å². The Labute approximate surface area is 164 Å². The number of benzene rings is 1. The van der Waals surface area contributed by atoms with E-state index < -0.39 is 0 Å². The summed E-state index contributed by atoms with van der Waals surface area (Å²) in [6, 6.07) is 5.59. The van der Waals surface area contributed by atoms with Crippen molar-refractivity contribution < 1.29 is 14.3 Å². The molecule has 2 aromatic rings. The fourth-order valence-corrected chi connectivity index (χ4v) is 4.90. The van der Waals surface area contributed by atoms with Gasteiger partial charge in [0.1, 0.15) is 0 Å². The number of fused-ring (bicyclic) bond motifs is 2. The molecule has 9 heteroatoms. The number of aromatic nitrogens is 2. The molecule has 0 saturated carbocycles. The van der Waals surface area contributed by atoms with Crippen LogP contribution in [0, 0.1) is 0 Å². The number of nitrogens with one attached hydrogen (secondary N) is 1. The van der Waals surface area contributed by atoms with E-state index in [4.69, 9.17) is 9.47 Å². The van der Waals surface area contributed by atoms with E-state index in [9.17, 15) is 9.59 Å². The van der Waals surface area contributed by atoms with E-state index in [1.165, 1.54) is 16.3 Å². The van der Waals surface area contributed by atoms with Gasteiger partial charge < -0.3 is 14.8 Å². The quantitative estimate of drug-likeness (QED) is 0.601. The van der Waals surface area contributed by atoms with E-state index in [-0.39, 0.29) is 24.0 Å². The monoisotopic (exact) mass is 405 g/mol. The highest BCUT2D eigenvalue weighted by molar-refractivity contribution is 8.00. The van der Waals surface area contributed by atoms with Crippen molar-refractivity contribution in [3.05, 3.63) is 39.8 Å². The van der Waals surface area contributed by atoms with Crippen LogP contribution in [0.5, 0.6) is 11.5 Å². The van der Waals surface area contributed by atoms with Gasteiger partial charge >= 0.3 is 0 Å². The Bertz CT molecular complexity index is 960. The van der Waals surface area contributed by atoms with Crippen molar-refractivity contribution in [1.82, 2.24) is 14.9 Å². The number of ether oxygens (including phenoxy) is 2. The molecule has 0 radical (unpaired) electrons. The van der Waals surface area contributed by atoms with Crippen molar-refractivity contribution in [2.24, 2.45) is 7.05 Å². The van der Waals surface area contributed by atoms with Crippen molar-refractivity contribution in [2.45, 2.75) is 35.2 Å². The highest BCUT2D eigenvalue weighted by atomic mass is 32.2. The van der Waals surface area contributed by atoms with Crippen LogP contribution in [0.2, 0.25) is 0 Å². The lowest BCUT2D eigenvalue weighted by atomic mass is 10.2. The van der Waals surface area contributed by atoms with Crippen LogP contribution in [-0.4, -0.2) is 33.3 Å². The molecule has 1 aromatic carbocycles. The number of amides is 1. The number of nitrogens with zero attached hydrogens (tertiary/aromatic N) is 2. The van der Waals surface area contributed by atoms with E-state index in [0.29, 0.717) is 22.7 Å². The van der Waals surface area contributed by atoms with Crippen LogP contribution in [0.4, 0.5) is 0 Å². The SMILES string of the molecule is CC1Cc2nc(SCC(=O)NCc3ccc4c(c3)OCO4)n(C)c(=O)c2S1. The molecule has 0 spiro atoms. The zero-order chi connectivity index (χ0) is 19.0. The molecule has 3 heterocycles. The summed E-state index contributed by atoms with van der Waals surface area (Å²) in [7, 11) is 1.70. The van der Waals surface area contributed by atoms with Gasteiger partial charge in [-0.05, 0) is 17.7 Å². The topological polar surface area (TPSA) is 82.4 Å². The molecule has 0 fully saturated rings. The third kappa shape index (κ3) is 3.79. The molecule has 7 nitrogen and oxygen atoms in total. The summed E-state index contributed by atoms with van der Waals surface area (Å²) in [4.78, 5) is 30.0. The van der Waals surface area contributed by atoms with Crippen LogP contribution < -0.4 is 20.3 Å². The van der Waals surface area contributed by atoms with Gasteiger partial charge in [-0.15, -0.1) is 11.8 Å². The molecule has 1 N–H and O–H groups in total. The second-order valence-electron chi connectivity index (χ2n) is 6.42. The second kappa shape index (κ2) is 7.47. The maximum atomic E-state index is 12.4. The van der Waals surface area contributed by atoms with Crippen molar-refractivity contribution in [1.29, 1.82) is 0 Å². The molecular weight excluding hydrogens is 386 g/mol. The van der Waals surface area contributed by atoms with Gasteiger partial charge in [0, 0.05) is 25.3 Å². The molecule has 1 aromatic heterocycles. The Morgan fingerprint density at radius 1 is 1.41 bits per heavy atom. The summed E-state index contributed by atoms with van der Waals surface area (Å²) in [5.41, 5.74) is 1.75. The Balaban J connectivity index is 1.35. The summed E-state index contributed by atoms with van der Waals surface area (Å²) >= 11 is 2.85. The first-order valence-corrected chi connectivity index (χ1v) is 10.4. The summed E-state index contributed by atoms with van der Waals surface area (Å²) in [6.07, 6.45) is 0.792. The van der Waals surface area contributed by atoms with E-state index in [1.807, 2.05) is 18.2 Å². The van der Waals surface area contributed by atoms with E-state index in [1.54, 1.807) is 18.8 Å².